The number of aliphatic hydroxyl groups is 1. The van der Waals surface area contributed by atoms with Crippen molar-refractivity contribution in [3.8, 4) is 5.75 Å². The second kappa shape index (κ2) is 31.3. The molecule has 1 aromatic rings. The number of benzene rings is 1. The molecule has 0 saturated heterocycles. The van der Waals surface area contributed by atoms with Crippen LogP contribution in [-0.4, -0.2) is 154 Å². The summed E-state index contributed by atoms with van der Waals surface area (Å²) in [6.45, 7) is 7.99. The summed E-state index contributed by atoms with van der Waals surface area (Å²) < 4.78 is 0. The molecule has 26 nitrogen and oxygen atoms in total. The molecule has 26 heteroatoms. The summed E-state index contributed by atoms with van der Waals surface area (Å²) in [7, 11) is 0. The van der Waals surface area contributed by atoms with Gasteiger partial charge in [-0.3, -0.25) is 47.9 Å². The fourth-order valence-electron chi connectivity index (χ4n) is 6.70. The molecule has 1 rings (SSSR count). The van der Waals surface area contributed by atoms with Gasteiger partial charge in [-0.15, -0.1) is 0 Å². The molecule has 0 unspecified atom stereocenters. The van der Waals surface area contributed by atoms with Crippen molar-refractivity contribution >= 4 is 65.1 Å². The van der Waals surface area contributed by atoms with E-state index in [9.17, 15) is 73.2 Å². The average molecular weight is 1010 g/mol. The van der Waals surface area contributed by atoms with Crippen molar-refractivity contribution in [2.75, 3.05) is 19.7 Å². The lowest BCUT2D eigenvalue weighted by atomic mass is 9.98. The van der Waals surface area contributed by atoms with Gasteiger partial charge in [0, 0.05) is 12.8 Å². The molecule has 1 aromatic carbocycles. The summed E-state index contributed by atoms with van der Waals surface area (Å²) in [6.07, 6.45) is -0.206. The normalized spacial score (nSPS) is 14.9. The number of hydrogen-bond acceptors (Lipinski definition) is 15. The van der Waals surface area contributed by atoms with Crippen LogP contribution in [0.5, 0.6) is 5.75 Å². The van der Waals surface area contributed by atoms with Crippen molar-refractivity contribution in [3.05, 3.63) is 29.8 Å². The number of rotatable bonds is 33. The van der Waals surface area contributed by atoms with Gasteiger partial charge in [-0.2, -0.15) is 0 Å². The van der Waals surface area contributed by atoms with E-state index in [0.717, 1.165) is 0 Å². The number of nitrogens with two attached hydrogens (primary N) is 3. The largest absolute Gasteiger partial charge is 0.508 e. The molecule has 0 bridgehead atoms. The van der Waals surface area contributed by atoms with E-state index in [1.165, 1.54) is 45.0 Å². The van der Waals surface area contributed by atoms with Gasteiger partial charge in [0.05, 0.1) is 25.6 Å². The molecule has 0 radical (unpaired) electrons. The van der Waals surface area contributed by atoms with Crippen LogP contribution in [0, 0.1) is 17.8 Å². The summed E-state index contributed by atoms with van der Waals surface area (Å²) >= 11 is 0. The molecule has 0 spiro atoms. The quantitative estimate of drug-likeness (QED) is 0.0299. The minimum atomic E-state index is -1.85. The second-order valence-corrected chi connectivity index (χ2v) is 17.7. The van der Waals surface area contributed by atoms with Gasteiger partial charge in [-0.05, 0) is 61.3 Å². The number of unbranched alkanes of at least 4 members (excludes halogenated alkanes) is 1. The van der Waals surface area contributed by atoms with Crippen LogP contribution in [0.2, 0.25) is 0 Å². The number of aromatic hydroxyl groups is 1. The van der Waals surface area contributed by atoms with Crippen LogP contribution >= 0.6 is 0 Å². The third kappa shape index (κ3) is 22.6. The summed E-state index contributed by atoms with van der Waals surface area (Å²) in [5.41, 5.74) is 17.4. The van der Waals surface area contributed by atoms with Crippen LogP contribution in [0.25, 0.3) is 0 Å². The van der Waals surface area contributed by atoms with Crippen molar-refractivity contribution in [2.24, 2.45) is 35.0 Å². The zero-order valence-electron chi connectivity index (χ0n) is 41.0. The van der Waals surface area contributed by atoms with E-state index in [4.69, 9.17) is 17.2 Å². The number of carbonyl (C=O) groups excluding carboxylic acids is 9. The third-order valence-electron chi connectivity index (χ3n) is 11.2. The van der Waals surface area contributed by atoms with E-state index in [0.29, 0.717) is 37.8 Å². The fraction of sp³-hybridized carbons (Fsp3) is 0.622. The minimum absolute atomic E-state index is 0.0307. The molecular weight excluding hydrogens is 935 g/mol. The maximum absolute atomic E-state index is 13.7. The summed E-state index contributed by atoms with van der Waals surface area (Å²) in [6, 6.07) is -5.87. The zero-order chi connectivity index (χ0) is 54.1. The van der Waals surface area contributed by atoms with Crippen LogP contribution in [-0.2, 0) is 59.2 Å². The maximum Gasteiger partial charge on any atom is 0.326 e. The number of aliphatic carboxylic acids is 2. The molecule has 9 amide bonds. The molecule has 71 heavy (non-hydrogen) atoms. The number of carbonyl (C=O) groups is 11. The van der Waals surface area contributed by atoms with Gasteiger partial charge in [0.1, 0.15) is 48.0 Å². The Bertz CT molecular complexity index is 2000. The highest BCUT2D eigenvalue weighted by Crippen LogP contribution is 2.13. The second-order valence-electron chi connectivity index (χ2n) is 17.7. The summed E-state index contributed by atoms with van der Waals surface area (Å²) in [5, 5.41) is 57.9. The van der Waals surface area contributed by atoms with Gasteiger partial charge < -0.3 is 80.2 Å². The molecule has 0 saturated carbocycles. The van der Waals surface area contributed by atoms with E-state index in [1.807, 2.05) is 0 Å². The number of amides is 9. The first kappa shape index (κ1) is 62.1. The van der Waals surface area contributed by atoms with Crippen LogP contribution in [0.3, 0.4) is 0 Å². The Labute approximate surface area is 411 Å². The average Bonchev–Trinajstić information content (AvgIpc) is 3.30. The predicted octanol–water partition coefficient (Wildman–Crippen LogP) is -3.92. The number of primary amides is 1. The molecule has 0 aliphatic heterocycles. The van der Waals surface area contributed by atoms with Gasteiger partial charge in [-0.1, -0.05) is 66.5 Å². The first-order valence-electron chi connectivity index (χ1n) is 23.2. The number of carboxylic acid groups (broad SMARTS) is 2. The summed E-state index contributed by atoms with van der Waals surface area (Å²) in [4.78, 5) is 142. The van der Waals surface area contributed by atoms with E-state index in [-0.39, 0.29) is 12.2 Å². The van der Waals surface area contributed by atoms with Crippen LogP contribution < -0.4 is 59.7 Å². The summed E-state index contributed by atoms with van der Waals surface area (Å²) in [5.74, 6) is -13.6. The Kier molecular flexibility index (Phi) is 27.4. The van der Waals surface area contributed by atoms with Crippen molar-refractivity contribution in [1.29, 1.82) is 0 Å². The van der Waals surface area contributed by atoms with Crippen molar-refractivity contribution in [3.63, 3.8) is 0 Å². The highest BCUT2D eigenvalue weighted by atomic mass is 16.4. The SMILES string of the molecule is CC[C@H](C)[C@H](NC(=O)[C@H](CC(=O)O)NC(=O)[C@H](CCC(N)=O)NC(=O)[C@@H](NC(=O)[C@H](CO)NC(=O)[C@@H](NC(=O)CNC(=O)[C@H](Cc1ccc(O)cc1)NC(=O)[C@@H](N)CCCCN)C(C)C)C(C)C)C(=O)O. The monoisotopic (exact) mass is 1010 g/mol. The Morgan fingerprint density at radius 3 is 1.62 bits per heavy atom. The van der Waals surface area contributed by atoms with Crippen molar-refractivity contribution in [1.82, 2.24) is 42.5 Å². The Hall–Kier alpha value is -6.93. The number of phenols is 1. The lowest BCUT2D eigenvalue weighted by Gasteiger charge is -2.29. The van der Waals surface area contributed by atoms with Gasteiger partial charge in [-0.25, -0.2) is 4.79 Å². The van der Waals surface area contributed by atoms with Crippen LogP contribution in [0.4, 0.5) is 0 Å². The standard InChI is InChI=1S/C45H73N11O15/c1-7-24(6)37(45(70)71)56-41(66)30(19-34(61)62)52-40(65)28(15-16-32(48)59)50-44(69)36(23(4)5)55-42(67)31(21-57)53-43(68)35(22(2)3)54-33(60)20-49-39(64)29(18-25-11-13-26(58)14-12-25)51-38(63)27(47)10-8-9-17-46/h11-14,22-24,27-31,35-37,57-58H,7-10,15-21,46-47H2,1-6H3,(H2,48,59)(H,49,64)(H,50,69)(H,51,63)(H,52,65)(H,53,68)(H,54,60)(H,55,67)(H,56,66)(H,61,62)(H,70,71)/t24-,27-,28-,29-,30-,31-,35-,36-,37-/m0/s1. The lowest BCUT2D eigenvalue weighted by molar-refractivity contribution is -0.145. The zero-order valence-corrected chi connectivity index (χ0v) is 41.0. The van der Waals surface area contributed by atoms with Crippen LogP contribution in [0.15, 0.2) is 24.3 Å². The maximum atomic E-state index is 13.7. The van der Waals surface area contributed by atoms with Crippen LogP contribution in [0.1, 0.15) is 92.1 Å². The molecule has 398 valence electrons. The smallest absolute Gasteiger partial charge is 0.326 e. The molecular formula is C45H73N11O15. The predicted molar refractivity (Wildman–Crippen MR) is 254 cm³/mol. The molecule has 0 aliphatic carbocycles. The van der Waals surface area contributed by atoms with E-state index < -0.39 is 164 Å². The number of carboxylic acids is 2. The van der Waals surface area contributed by atoms with E-state index >= 15 is 0 Å². The minimum Gasteiger partial charge on any atom is -0.508 e. The molecule has 18 N–H and O–H groups in total. The van der Waals surface area contributed by atoms with Crippen molar-refractivity contribution < 1.29 is 73.2 Å². The van der Waals surface area contributed by atoms with Gasteiger partial charge in [0.2, 0.25) is 53.2 Å². The van der Waals surface area contributed by atoms with E-state index in [1.54, 1.807) is 20.8 Å². The first-order valence-corrected chi connectivity index (χ1v) is 23.2. The number of hydrogen-bond donors (Lipinski definition) is 15. The van der Waals surface area contributed by atoms with Gasteiger partial charge >= 0.3 is 11.9 Å². The molecule has 0 aliphatic rings. The highest BCUT2D eigenvalue weighted by Gasteiger charge is 2.36. The van der Waals surface area contributed by atoms with Crippen molar-refractivity contribution in [2.45, 2.75) is 141 Å². The Morgan fingerprint density at radius 1 is 0.606 bits per heavy atom. The lowest BCUT2D eigenvalue weighted by Crippen LogP contribution is -2.61. The molecule has 0 fully saturated rings. The highest BCUT2D eigenvalue weighted by molar-refractivity contribution is 5.98. The van der Waals surface area contributed by atoms with Gasteiger partial charge in [0.25, 0.3) is 0 Å². The topological polar surface area (TPSA) is 443 Å². The van der Waals surface area contributed by atoms with E-state index in [2.05, 4.69) is 42.5 Å². The Balaban J connectivity index is 3.18. The number of nitrogens with one attached hydrogen (secondary N) is 8. The first-order chi connectivity index (χ1) is 33.3. The van der Waals surface area contributed by atoms with Gasteiger partial charge in [0.15, 0.2) is 0 Å². The Morgan fingerprint density at radius 2 is 1.11 bits per heavy atom. The number of aliphatic hydroxyl groups excluding tert-OH is 1. The molecule has 0 heterocycles. The number of phenolic OH excluding ortho intramolecular Hbond substituents is 1. The molecule has 0 aromatic heterocycles. The third-order valence-corrected chi connectivity index (χ3v) is 11.2. The molecule has 9 atom stereocenters. The fourth-order valence-corrected chi connectivity index (χ4v) is 6.70.